The summed E-state index contributed by atoms with van der Waals surface area (Å²) >= 11 is 0. The highest BCUT2D eigenvalue weighted by molar-refractivity contribution is 6.01. The standard InChI is InChI=1S/C26H30N6O/c1-18(2)31-10-8-30(9-11-31)15-20-16-32(17-33-20)26-13-19(12-25-23(26)14-28-29-25)21-4-3-5-24-22(21)6-7-27-24/h3-7,12-14,16,18,27H,8-11,15,17H2,1-2H3,(H,28,29). The second-order valence-corrected chi connectivity index (χ2v) is 9.32. The Kier molecular flexibility index (Phi) is 5.08. The predicted molar refractivity (Wildman–Crippen MR) is 133 cm³/mol. The van der Waals surface area contributed by atoms with Crippen molar-refractivity contribution in [1.29, 1.82) is 0 Å². The van der Waals surface area contributed by atoms with Gasteiger partial charge in [-0.05, 0) is 49.2 Å². The molecule has 4 heterocycles. The van der Waals surface area contributed by atoms with Crippen LogP contribution >= 0.6 is 0 Å². The fourth-order valence-electron chi connectivity index (χ4n) is 5.05. The van der Waals surface area contributed by atoms with Gasteiger partial charge in [0.05, 0.1) is 23.9 Å². The summed E-state index contributed by atoms with van der Waals surface area (Å²) in [6.45, 7) is 10.4. The number of anilines is 1. The van der Waals surface area contributed by atoms with Crippen molar-refractivity contribution in [2.24, 2.45) is 0 Å². The highest BCUT2D eigenvalue weighted by atomic mass is 16.5. The molecule has 170 valence electrons. The Morgan fingerprint density at radius 1 is 1.03 bits per heavy atom. The largest absolute Gasteiger partial charge is 0.474 e. The van der Waals surface area contributed by atoms with Gasteiger partial charge in [0, 0.05) is 60.9 Å². The lowest BCUT2D eigenvalue weighted by atomic mass is 9.99. The van der Waals surface area contributed by atoms with Gasteiger partial charge in [-0.15, -0.1) is 0 Å². The van der Waals surface area contributed by atoms with E-state index >= 15 is 0 Å². The van der Waals surface area contributed by atoms with Crippen LogP contribution in [0.15, 0.2) is 60.8 Å². The van der Waals surface area contributed by atoms with Gasteiger partial charge in [0.2, 0.25) is 0 Å². The van der Waals surface area contributed by atoms with Crippen molar-refractivity contribution in [2.75, 3.05) is 44.4 Å². The highest BCUT2D eigenvalue weighted by Gasteiger charge is 2.24. The number of hydrogen-bond donors (Lipinski definition) is 2. The minimum absolute atomic E-state index is 0.527. The summed E-state index contributed by atoms with van der Waals surface area (Å²) in [5, 5.41) is 9.81. The fraction of sp³-hybridized carbons (Fsp3) is 0.346. The number of rotatable bonds is 5. The summed E-state index contributed by atoms with van der Waals surface area (Å²) in [5.74, 6) is 1.03. The fourth-order valence-corrected chi connectivity index (χ4v) is 5.05. The maximum Gasteiger partial charge on any atom is 0.165 e. The van der Waals surface area contributed by atoms with Crippen molar-refractivity contribution in [3.8, 4) is 11.1 Å². The molecule has 0 saturated carbocycles. The maximum atomic E-state index is 6.12. The van der Waals surface area contributed by atoms with E-state index < -0.39 is 0 Å². The average molecular weight is 443 g/mol. The lowest BCUT2D eigenvalue weighted by molar-refractivity contribution is 0.101. The molecular formula is C26H30N6O. The normalized spacial score (nSPS) is 17.9. The van der Waals surface area contributed by atoms with Crippen LogP contribution in [-0.2, 0) is 4.74 Å². The first-order valence-electron chi connectivity index (χ1n) is 11.8. The van der Waals surface area contributed by atoms with E-state index in [9.17, 15) is 0 Å². The van der Waals surface area contributed by atoms with Gasteiger partial charge in [-0.25, -0.2) is 0 Å². The Labute approximate surface area is 193 Å². The third kappa shape index (κ3) is 3.77. The Morgan fingerprint density at radius 2 is 1.91 bits per heavy atom. The van der Waals surface area contributed by atoms with Crippen LogP contribution in [0.2, 0.25) is 0 Å². The van der Waals surface area contributed by atoms with Crippen LogP contribution in [0.4, 0.5) is 5.69 Å². The zero-order valence-corrected chi connectivity index (χ0v) is 19.2. The van der Waals surface area contributed by atoms with Gasteiger partial charge in [0.1, 0.15) is 5.76 Å². The van der Waals surface area contributed by atoms with Crippen LogP contribution < -0.4 is 4.90 Å². The van der Waals surface area contributed by atoms with Gasteiger partial charge >= 0.3 is 0 Å². The molecule has 2 N–H and O–H groups in total. The lowest BCUT2D eigenvalue weighted by Crippen LogP contribution is -2.49. The van der Waals surface area contributed by atoms with Gasteiger partial charge in [0.15, 0.2) is 6.73 Å². The maximum absolute atomic E-state index is 6.12. The molecule has 2 aliphatic heterocycles. The number of piperazine rings is 1. The van der Waals surface area contributed by atoms with Crippen molar-refractivity contribution >= 4 is 27.5 Å². The zero-order chi connectivity index (χ0) is 22.4. The number of aromatic nitrogens is 3. The first-order chi connectivity index (χ1) is 16.2. The van der Waals surface area contributed by atoms with E-state index in [1.807, 2.05) is 12.4 Å². The molecule has 0 amide bonds. The third-order valence-electron chi connectivity index (χ3n) is 6.96. The molecule has 7 nitrogen and oxygen atoms in total. The highest BCUT2D eigenvalue weighted by Crippen LogP contribution is 2.36. The summed E-state index contributed by atoms with van der Waals surface area (Å²) in [6, 6.07) is 13.6. The number of benzene rings is 2. The average Bonchev–Trinajstić information content (AvgIpc) is 3.59. The Balaban J connectivity index is 1.28. The molecule has 2 aliphatic rings. The molecule has 1 fully saturated rings. The van der Waals surface area contributed by atoms with Crippen molar-refractivity contribution in [3.63, 3.8) is 0 Å². The SMILES string of the molecule is CC(C)N1CCN(CC2=CN(c3cc(-c4cccc5[nH]ccc45)cc4[nH]ncc34)CO2)CC1. The molecule has 33 heavy (non-hydrogen) atoms. The molecule has 4 aromatic rings. The number of hydrogen-bond acceptors (Lipinski definition) is 5. The molecule has 0 aliphatic carbocycles. The number of H-pyrrole nitrogens is 2. The van der Waals surface area contributed by atoms with Gasteiger partial charge < -0.3 is 14.6 Å². The summed E-state index contributed by atoms with van der Waals surface area (Å²) in [6.07, 6.45) is 6.06. The summed E-state index contributed by atoms with van der Waals surface area (Å²) in [4.78, 5) is 10.6. The lowest BCUT2D eigenvalue weighted by Gasteiger charge is -2.36. The van der Waals surface area contributed by atoms with Crippen LogP contribution in [0.3, 0.4) is 0 Å². The minimum Gasteiger partial charge on any atom is -0.474 e. The molecule has 2 aromatic heterocycles. The van der Waals surface area contributed by atoms with Gasteiger partial charge in [-0.1, -0.05) is 12.1 Å². The number of ether oxygens (including phenoxy) is 1. The second kappa shape index (κ2) is 8.24. The molecule has 6 rings (SSSR count). The first kappa shape index (κ1) is 20.3. The van der Waals surface area contributed by atoms with E-state index in [1.165, 1.54) is 16.5 Å². The van der Waals surface area contributed by atoms with E-state index in [0.717, 1.165) is 60.6 Å². The van der Waals surface area contributed by atoms with Crippen LogP contribution in [0.25, 0.3) is 32.9 Å². The second-order valence-electron chi connectivity index (χ2n) is 9.32. The van der Waals surface area contributed by atoms with Crippen LogP contribution in [0, 0.1) is 0 Å². The molecule has 0 atom stereocenters. The Hall–Kier alpha value is -3.29. The monoisotopic (exact) mass is 442 g/mol. The topological polar surface area (TPSA) is 63.4 Å². The van der Waals surface area contributed by atoms with E-state index in [1.54, 1.807) is 0 Å². The summed E-state index contributed by atoms with van der Waals surface area (Å²) in [7, 11) is 0. The molecular weight excluding hydrogens is 412 g/mol. The van der Waals surface area contributed by atoms with E-state index in [0.29, 0.717) is 12.8 Å². The van der Waals surface area contributed by atoms with Crippen molar-refractivity contribution < 1.29 is 4.74 Å². The van der Waals surface area contributed by atoms with E-state index in [2.05, 4.69) is 86.3 Å². The Bertz CT molecular complexity index is 1310. The third-order valence-corrected chi connectivity index (χ3v) is 6.96. The molecule has 0 bridgehead atoms. The van der Waals surface area contributed by atoms with E-state index in [-0.39, 0.29) is 0 Å². The number of aromatic amines is 2. The van der Waals surface area contributed by atoms with Crippen LogP contribution in [0.5, 0.6) is 0 Å². The quantitative estimate of drug-likeness (QED) is 0.481. The van der Waals surface area contributed by atoms with Gasteiger partial charge in [0.25, 0.3) is 0 Å². The molecule has 7 heteroatoms. The molecule has 1 saturated heterocycles. The van der Waals surface area contributed by atoms with Crippen molar-refractivity contribution in [2.45, 2.75) is 19.9 Å². The van der Waals surface area contributed by atoms with Crippen LogP contribution in [-0.4, -0.2) is 70.5 Å². The minimum atomic E-state index is 0.527. The Morgan fingerprint density at radius 3 is 2.76 bits per heavy atom. The van der Waals surface area contributed by atoms with Gasteiger partial charge in [-0.3, -0.25) is 14.9 Å². The summed E-state index contributed by atoms with van der Waals surface area (Å²) in [5.41, 5.74) is 5.66. The number of nitrogens with one attached hydrogen (secondary N) is 2. The number of fused-ring (bicyclic) bond motifs is 2. The molecule has 0 unspecified atom stereocenters. The molecule has 2 aromatic carbocycles. The summed E-state index contributed by atoms with van der Waals surface area (Å²) < 4.78 is 6.12. The molecule has 0 spiro atoms. The van der Waals surface area contributed by atoms with Crippen molar-refractivity contribution in [3.05, 3.63) is 60.8 Å². The number of nitrogens with zero attached hydrogens (tertiary/aromatic N) is 4. The molecule has 0 radical (unpaired) electrons. The zero-order valence-electron chi connectivity index (χ0n) is 19.2. The van der Waals surface area contributed by atoms with Crippen LogP contribution in [0.1, 0.15) is 13.8 Å². The predicted octanol–water partition coefficient (Wildman–Crippen LogP) is 4.37. The van der Waals surface area contributed by atoms with E-state index in [4.69, 9.17) is 4.74 Å². The first-order valence-corrected chi connectivity index (χ1v) is 11.8. The smallest absolute Gasteiger partial charge is 0.165 e. The van der Waals surface area contributed by atoms with Gasteiger partial charge in [-0.2, -0.15) is 5.10 Å². The van der Waals surface area contributed by atoms with Crippen molar-refractivity contribution in [1.82, 2.24) is 25.0 Å².